The molecule has 116 valence electrons. The lowest BCUT2D eigenvalue weighted by molar-refractivity contribution is -0.911. The second-order valence-electron chi connectivity index (χ2n) is 6.78. The van der Waals surface area contributed by atoms with Gasteiger partial charge in [-0.05, 0) is 17.7 Å². The molecular weight excluding hydrogens is 286 g/mol. The number of quaternary nitrogens is 1. The van der Waals surface area contributed by atoms with Crippen LogP contribution in [0.15, 0.2) is 24.3 Å². The van der Waals surface area contributed by atoms with Crippen LogP contribution in [0.4, 0.5) is 0 Å². The minimum Gasteiger partial charge on any atom is -0.632 e. The summed E-state index contributed by atoms with van der Waals surface area (Å²) in [7, 11) is 0. The van der Waals surface area contributed by atoms with Gasteiger partial charge in [-0.25, -0.2) is 0 Å². The largest absolute Gasteiger partial charge is 0.632 e. The molecule has 6 nitrogen and oxygen atoms in total. The summed E-state index contributed by atoms with van der Waals surface area (Å²) in [5, 5.41) is 33.9. The first kappa shape index (κ1) is 12.9. The smallest absolute Gasteiger partial charge is 0.231 e. The van der Waals surface area contributed by atoms with Crippen molar-refractivity contribution in [1.29, 1.82) is 0 Å². The minimum absolute atomic E-state index is 0.156. The fourth-order valence-electron chi connectivity index (χ4n) is 4.80. The Morgan fingerprint density at radius 3 is 2.82 bits per heavy atom. The SMILES string of the molecule is [O-][N@@+]12Cc3cc4c(cc3[C@]3(C=C[C@@H](O)C[C@@H]31)[C@@H](O)C2)OCO4. The van der Waals surface area contributed by atoms with Crippen LogP contribution in [0.5, 0.6) is 11.5 Å². The summed E-state index contributed by atoms with van der Waals surface area (Å²) >= 11 is 0. The van der Waals surface area contributed by atoms with Gasteiger partial charge in [-0.3, -0.25) is 0 Å². The lowest BCUT2D eigenvalue weighted by atomic mass is 9.65. The molecule has 22 heavy (non-hydrogen) atoms. The van der Waals surface area contributed by atoms with E-state index in [0.717, 1.165) is 11.1 Å². The number of nitrogens with zero attached hydrogens (tertiary/aromatic N) is 1. The fraction of sp³-hybridized carbons (Fsp3) is 0.500. The molecule has 3 heterocycles. The van der Waals surface area contributed by atoms with Gasteiger partial charge in [0, 0.05) is 12.0 Å². The highest BCUT2D eigenvalue weighted by Crippen LogP contribution is 2.56. The average Bonchev–Trinajstić information content (AvgIpc) is 2.98. The normalized spacial score (nSPS) is 43.9. The Labute approximate surface area is 127 Å². The van der Waals surface area contributed by atoms with Crippen molar-refractivity contribution in [2.24, 2.45) is 0 Å². The van der Waals surface area contributed by atoms with Gasteiger partial charge < -0.3 is 29.5 Å². The van der Waals surface area contributed by atoms with Gasteiger partial charge in [-0.2, -0.15) is 0 Å². The summed E-state index contributed by atoms with van der Waals surface area (Å²) in [5.41, 5.74) is 1.13. The van der Waals surface area contributed by atoms with Gasteiger partial charge in [-0.1, -0.05) is 12.2 Å². The van der Waals surface area contributed by atoms with Crippen molar-refractivity contribution >= 4 is 0 Å². The summed E-state index contributed by atoms with van der Waals surface area (Å²) in [4.78, 5) is 0. The minimum atomic E-state index is -0.750. The zero-order valence-electron chi connectivity index (χ0n) is 11.9. The molecule has 5 rings (SSSR count). The van der Waals surface area contributed by atoms with Crippen molar-refractivity contribution < 1.29 is 24.3 Å². The van der Waals surface area contributed by atoms with Crippen LogP contribution in [0.25, 0.3) is 0 Å². The van der Waals surface area contributed by atoms with E-state index in [4.69, 9.17) is 9.47 Å². The monoisotopic (exact) mass is 303 g/mol. The highest BCUT2D eigenvalue weighted by Gasteiger charge is 2.64. The molecule has 0 saturated carbocycles. The van der Waals surface area contributed by atoms with Crippen LogP contribution in [0, 0.1) is 5.21 Å². The molecule has 3 aliphatic heterocycles. The van der Waals surface area contributed by atoms with Gasteiger partial charge in [0.15, 0.2) is 11.5 Å². The first-order valence-electron chi connectivity index (χ1n) is 7.59. The molecule has 1 fully saturated rings. The molecular formula is C16H17NO5. The van der Waals surface area contributed by atoms with Gasteiger partial charge in [0.05, 0.1) is 11.5 Å². The van der Waals surface area contributed by atoms with Gasteiger partial charge in [0.2, 0.25) is 6.79 Å². The zero-order valence-corrected chi connectivity index (χ0v) is 11.9. The maximum absolute atomic E-state index is 13.3. The summed E-state index contributed by atoms with van der Waals surface area (Å²) < 4.78 is 10.4. The van der Waals surface area contributed by atoms with Crippen LogP contribution in [0.1, 0.15) is 17.5 Å². The molecule has 4 aliphatic rings. The third-order valence-electron chi connectivity index (χ3n) is 5.71. The van der Waals surface area contributed by atoms with E-state index in [1.165, 1.54) is 0 Å². The predicted octanol–water partition coefficient (Wildman–Crippen LogP) is 0.545. The van der Waals surface area contributed by atoms with Gasteiger partial charge in [0.1, 0.15) is 25.2 Å². The van der Waals surface area contributed by atoms with Crippen molar-refractivity contribution in [2.45, 2.75) is 36.6 Å². The Morgan fingerprint density at radius 1 is 1.23 bits per heavy atom. The molecule has 2 N–H and O–H groups in total. The standard InChI is InChI=1S/C16H17NO5/c18-10-1-2-16-11-5-13-12(21-8-22-13)3-9(11)6-17(20,7-15(16)19)14(16)4-10/h1-3,5,10,14-15,18-19H,4,6-8H2/t10-,14+,15+,16+,17-/m1/s1. The number of aliphatic hydroxyl groups is 2. The van der Waals surface area contributed by atoms with Crippen LogP contribution in [-0.4, -0.2) is 46.4 Å². The Bertz CT molecular complexity index is 704. The number of ether oxygens (including phenoxy) is 2. The van der Waals surface area contributed by atoms with Crippen molar-refractivity contribution in [2.75, 3.05) is 13.3 Å². The number of hydroxylamine groups is 3. The molecule has 1 aromatic carbocycles. The maximum atomic E-state index is 13.3. The van der Waals surface area contributed by atoms with E-state index in [-0.39, 0.29) is 19.4 Å². The quantitative estimate of drug-likeness (QED) is 0.415. The summed E-state index contributed by atoms with van der Waals surface area (Å²) in [6.07, 6.45) is 2.56. The summed E-state index contributed by atoms with van der Waals surface area (Å²) in [6.45, 7) is 0.641. The lowest BCUT2D eigenvalue weighted by Gasteiger charge is -2.53. The molecule has 0 spiro atoms. The van der Waals surface area contributed by atoms with Crippen LogP contribution >= 0.6 is 0 Å². The van der Waals surface area contributed by atoms with E-state index < -0.39 is 22.3 Å². The van der Waals surface area contributed by atoms with Gasteiger partial charge in [-0.15, -0.1) is 0 Å². The topological polar surface area (TPSA) is 82.0 Å². The molecule has 1 saturated heterocycles. The van der Waals surface area contributed by atoms with Gasteiger partial charge in [0.25, 0.3) is 0 Å². The van der Waals surface area contributed by atoms with Crippen LogP contribution in [0.3, 0.4) is 0 Å². The predicted molar refractivity (Wildman–Crippen MR) is 76.0 cm³/mol. The first-order chi connectivity index (χ1) is 10.5. The van der Waals surface area contributed by atoms with Crippen molar-refractivity contribution in [1.82, 2.24) is 0 Å². The Hall–Kier alpha value is -1.60. The van der Waals surface area contributed by atoms with E-state index in [9.17, 15) is 15.4 Å². The summed E-state index contributed by atoms with van der Waals surface area (Å²) in [5.74, 6) is 1.33. The Morgan fingerprint density at radius 2 is 2.00 bits per heavy atom. The molecule has 0 radical (unpaired) electrons. The number of benzene rings is 1. The number of hydrogen-bond donors (Lipinski definition) is 2. The molecule has 0 amide bonds. The number of aliphatic hydroxyl groups excluding tert-OH is 2. The number of hydrogen-bond acceptors (Lipinski definition) is 5. The van der Waals surface area contributed by atoms with Crippen LogP contribution in [-0.2, 0) is 12.0 Å². The maximum Gasteiger partial charge on any atom is 0.231 e. The van der Waals surface area contributed by atoms with E-state index >= 15 is 0 Å². The average molecular weight is 303 g/mol. The van der Waals surface area contributed by atoms with E-state index in [2.05, 4.69) is 0 Å². The van der Waals surface area contributed by atoms with E-state index in [1.807, 2.05) is 18.2 Å². The van der Waals surface area contributed by atoms with E-state index in [0.29, 0.717) is 24.5 Å². The van der Waals surface area contributed by atoms with Crippen LogP contribution < -0.4 is 9.47 Å². The van der Waals surface area contributed by atoms with Crippen molar-refractivity contribution in [3.63, 3.8) is 0 Å². The molecule has 6 heteroatoms. The molecule has 1 aromatic rings. The van der Waals surface area contributed by atoms with Crippen molar-refractivity contribution in [3.05, 3.63) is 40.6 Å². The fourth-order valence-corrected chi connectivity index (χ4v) is 4.80. The summed E-state index contributed by atoms with van der Waals surface area (Å²) in [6, 6.07) is 3.43. The van der Waals surface area contributed by atoms with E-state index in [1.54, 1.807) is 6.08 Å². The molecule has 5 atom stereocenters. The molecule has 1 aliphatic carbocycles. The lowest BCUT2D eigenvalue weighted by Crippen LogP contribution is -2.58. The molecule has 0 unspecified atom stereocenters. The second-order valence-corrected chi connectivity index (χ2v) is 6.78. The molecule has 0 aromatic heterocycles. The Balaban J connectivity index is 1.79. The van der Waals surface area contributed by atoms with Gasteiger partial charge >= 0.3 is 0 Å². The second kappa shape index (κ2) is 3.83. The third kappa shape index (κ3) is 1.34. The third-order valence-corrected chi connectivity index (χ3v) is 5.71. The molecule has 2 bridgehead atoms. The number of fused-ring (bicyclic) bond motifs is 2. The Kier molecular flexibility index (Phi) is 2.25. The van der Waals surface area contributed by atoms with Crippen molar-refractivity contribution in [3.8, 4) is 11.5 Å². The zero-order chi connectivity index (χ0) is 15.1. The highest BCUT2D eigenvalue weighted by atomic mass is 16.7. The number of rotatable bonds is 0. The first-order valence-corrected chi connectivity index (χ1v) is 7.59. The van der Waals surface area contributed by atoms with Crippen LogP contribution in [0.2, 0.25) is 0 Å². The highest BCUT2D eigenvalue weighted by molar-refractivity contribution is 5.55.